The van der Waals surface area contributed by atoms with Crippen LogP contribution >= 0.6 is 0 Å². The number of rotatable bonds is 6. The van der Waals surface area contributed by atoms with Crippen LogP contribution in [0.15, 0.2) is 18.5 Å². The molecule has 0 aliphatic heterocycles. The van der Waals surface area contributed by atoms with Gasteiger partial charge in [-0.25, -0.2) is 4.79 Å². The van der Waals surface area contributed by atoms with Crippen LogP contribution in [0.25, 0.3) is 0 Å². The molecule has 7 nitrogen and oxygen atoms in total. The molecule has 0 aromatic carbocycles. The Hall–Kier alpha value is -2.44. The standard InChI is InChI=1S/C14H19N3O4/c1-9(6-13(19)20)5-12(18)17-14(21)16-8-11-3-4-15-7-10(11)2/h3-4,7,9H,5-6,8H2,1-2H3,(H,19,20)(H2,16,17,18,21). The summed E-state index contributed by atoms with van der Waals surface area (Å²) >= 11 is 0. The predicted octanol–water partition coefficient (Wildman–Crippen LogP) is 1.22. The van der Waals surface area contributed by atoms with E-state index >= 15 is 0 Å². The van der Waals surface area contributed by atoms with E-state index < -0.39 is 17.9 Å². The van der Waals surface area contributed by atoms with Crippen molar-refractivity contribution in [1.82, 2.24) is 15.6 Å². The molecule has 1 unspecified atom stereocenters. The van der Waals surface area contributed by atoms with E-state index in [2.05, 4.69) is 15.6 Å². The first kappa shape index (κ1) is 16.6. The van der Waals surface area contributed by atoms with Crippen molar-refractivity contribution in [2.24, 2.45) is 5.92 Å². The second kappa shape index (κ2) is 7.98. The van der Waals surface area contributed by atoms with Crippen LogP contribution in [0.1, 0.15) is 30.9 Å². The maximum Gasteiger partial charge on any atom is 0.321 e. The summed E-state index contributed by atoms with van der Waals surface area (Å²) < 4.78 is 0. The maximum absolute atomic E-state index is 11.6. The van der Waals surface area contributed by atoms with Crippen molar-refractivity contribution in [3.63, 3.8) is 0 Å². The summed E-state index contributed by atoms with van der Waals surface area (Å²) in [5.41, 5.74) is 1.85. The smallest absolute Gasteiger partial charge is 0.321 e. The fraction of sp³-hybridized carbons (Fsp3) is 0.429. The predicted molar refractivity (Wildman–Crippen MR) is 75.4 cm³/mol. The average molecular weight is 293 g/mol. The largest absolute Gasteiger partial charge is 0.481 e. The van der Waals surface area contributed by atoms with Crippen LogP contribution < -0.4 is 10.6 Å². The van der Waals surface area contributed by atoms with Gasteiger partial charge in [-0.05, 0) is 30.0 Å². The molecule has 1 heterocycles. The van der Waals surface area contributed by atoms with E-state index in [-0.39, 0.29) is 25.3 Å². The van der Waals surface area contributed by atoms with Gasteiger partial charge in [-0.3, -0.25) is 19.9 Å². The number of aliphatic carboxylic acids is 1. The Kier molecular flexibility index (Phi) is 6.32. The zero-order chi connectivity index (χ0) is 15.8. The topological polar surface area (TPSA) is 108 Å². The van der Waals surface area contributed by atoms with Crippen molar-refractivity contribution >= 4 is 17.9 Å². The Balaban J connectivity index is 2.35. The number of carbonyl (C=O) groups excluding carboxylic acids is 2. The monoisotopic (exact) mass is 293 g/mol. The van der Waals surface area contributed by atoms with Gasteiger partial charge in [0.05, 0.1) is 0 Å². The normalized spacial score (nSPS) is 11.5. The number of aromatic nitrogens is 1. The average Bonchev–Trinajstić information content (AvgIpc) is 2.36. The van der Waals surface area contributed by atoms with Crippen molar-refractivity contribution in [3.8, 4) is 0 Å². The van der Waals surface area contributed by atoms with Gasteiger partial charge in [-0.1, -0.05) is 6.92 Å². The molecule has 21 heavy (non-hydrogen) atoms. The minimum Gasteiger partial charge on any atom is -0.481 e. The Labute approximate surface area is 122 Å². The fourth-order valence-corrected chi connectivity index (χ4v) is 1.78. The lowest BCUT2D eigenvalue weighted by molar-refractivity contribution is -0.138. The number of pyridine rings is 1. The van der Waals surface area contributed by atoms with E-state index in [0.29, 0.717) is 0 Å². The highest BCUT2D eigenvalue weighted by Gasteiger charge is 2.14. The fourth-order valence-electron chi connectivity index (χ4n) is 1.78. The van der Waals surface area contributed by atoms with Crippen molar-refractivity contribution in [1.29, 1.82) is 0 Å². The van der Waals surface area contributed by atoms with Gasteiger partial charge in [0.2, 0.25) is 5.91 Å². The van der Waals surface area contributed by atoms with Crippen molar-refractivity contribution in [2.75, 3.05) is 0 Å². The summed E-state index contributed by atoms with van der Waals surface area (Å²) in [4.78, 5) is 37.6. The first-order valence-electron chi connectivity index (χ1n) is 6.57. The van der Waals surface area contributed by atoms with Gasteiger partial charge in [0.1, 0.15) is 0 Å². The molecule has 1 atom stereocenters. The van der Waals surface area contributed by atoms with E-state index in [1.54, 1.807) is 25.4 Å². The Morgan fingerprint density at radius 2 is 2.05 bits per heavy atom. The number of urea groups is 1. The zero-order valence-electron chi connectivity index (χ0n) is 12.0. The Morgan fingerprint density at radius 3 is 2.67 bits per heavy atom. The van der Waals surface area contributed by atoms with Crippen LogP contribution in [0.5, 0.6) is 0 Å². The summed E-state index contributed by atoms with van der Waals surface area (Å²) in [6, 6.07) is 1.19. The lowest BCUT2D eigenvalue weighted by Gasteiger charge is -2.10. The van der Waals surface area contributed by atoms with Gasteiger partial charge in [0, 0.05) is 31.8 Å². The zero-order valence-corrected chi connectivity index (χ0v) is 12.0. The molecule has 0 saturated heterocycles. The van der Waals surface area contributed by atoms with Crippen molar-refractivity contribution in [2.45, 2.75) is 33.2 Å². The summed E-state index contributed by atoms with van der Waals surface area (Å²) in [6.45, 7) is 3.81. The van der Waals surface area contributed by atoms with Crippen molar-refractivity contribution < 1.29 is 19.5 Å². The first-order chi connectivity index (χ1) is 9.88. The van der Waals surface area contributed by atoms with Crippen LogP contribution in [0.3, 0.4) is 0 Å². The second-order valence-electron chi connectivity index (χ2n) is 4.94. The molecule has 1 aromatic heterocycles. The third kappa shape index (κ3) is 6.51. The minimum atomic E-state index is -0.965. The van der Waals surface area contributed by atoms with E-state index in [0.717, 1.165) is 11.1 Å². The van der Waals surface area contributed by atoms with Crippen LogP contribution in [0.2, 0.25) is 0 Å². The number of imide groups is 1. The first-order valence-corrected chi connectivity index (χ1v) is 6.57. The van der Waals surface area contributed by atoms with Crippen LogP contribution in [-0.2, 0) is 16.1 Å². The number of aryl methyl sites for hydroxylation is 1. The molecule has 0 bridgehead atoms. The van der Waals surface area contributed by atoms with E-state index in [4.69, 9.17) is 5.11 Å². The molecule has 0 radical (unpaired) electrons. The van der Waals surface area contributed by atoms with E-state index in [1.807, 2.05) is 6.92 Å². The number of amides is 3. The SMILES string of the molecule is Cc1cnccc1CNC(=O)NC(=O)CC(C)CC(=O)O. The highest BCUT2D eigenvalue weighted by atomic mass is 16.4. The number of carbonyl (C=O) groups is 3. The molecule has 0 spiro atoms. The van der Waals surface area contributed by atoms with Crippen LogP contribution in [0, 0.1) is 12.8 Å². The number of nitrogens with one attached hydrogen (secondary N) is 2. The summed E-state index contributed by atoms with van der Waals surface area (Å²) in [7, 11) is 0. The third-order valence-electron chi connectivity index (χ3n) is 2.89. The Morgan fingerprint density at radius 1 is 1.33 bits per heavy atom. The van der Waals surface area contributed by atoms with Crippen molar-refractivity contribution in [3.05, 3.63) is 29.6 Å². The van der Waals surface area contributed by atoms with Gasteiger partial charge in [0.25, 0.3) is 0 Å². The lowest BCUT2D eigenvalue weighted by Crippen LogP contribution is -2.39. The molecule has 0 fully saturated rings. The third-order valence-corrected chi connectivity index (χ3v) is 2.89. The molecular weight excluding hydrogens is 274 g/mol. The number of nitrogens with zero attached hydrogens (tertiary/aromatic N) is 1. The molecule has 114 valence electrons. The second-order valence-corrected chi connectivity index (χ2v) is 4.94. The lowest BCUT2D eigenvalue weighted by atomic mass is 10.0. The van der Waals surface area contributed by atoms with E-state index in [1.165, 1.54) is 0 Å². The van der Waals surface area contributed by atoms with E-state index in [9.17, 15) is 14.4 Å². The Bertz CT molecular complexity index is 531. The molecule has 1 aromatic rings. The quantitative estimate of drug-likeness (QED) is 0.730. The number of carboxylic acids is 1. The highest BCUT2D eigenvalue weighted by Crippen LogP contribution is 2.07. The number of hydrogen-bond donors (Lipinski definition) is 3. The van der Waals surface area contributed by atoms with Gasteiger partial charge in [-0.2, -0.15) is 0 Å². The van der Waals surface area contributed by atoms with Gasteiger partial charge in [0.15, 0.2) is 0 Å². The summed E-state index contributed by atoms with van der Waals surface area (Å²) in [5, 5.41) is 13.3. The molecule has 0 aliphatic carbocycles. The van der Waals surface area contributed by atoms with Gasteiger partial charge in [-0.15, -0.1) is 0 Å². The number of carboxylic acid groups (broad SMARTS) is 1. The summed E-state index contributed by atoms with van der Waals surface area (Å²) in [6.07, 6.45) is 3.20. The molecule has 3 N–H and O–H groups in total. The number of hydrogen-bond acceptors (Lipinski definition) is 4. The molecule has 0 saturated carbocycles. The molecule has 0 aliphatic rings. The van der Waals surface area contributed by atoms with Gasteiger partial charge < -0.3 is 10.4 Å². The molecule has 1 rings (SSSR count). The minimum absolute atomic E-state index is 0.00595. The van der Waals surface area contributed by atoms with Crippen LogP contribution in [0.4, 0.5) is 4.79 Å². The summed E-state index contributed by atoms with van der Waals surface area (Å²) in [5.74, 6) is -1.78. The van der Waals surface area contributed by atoms with Crippen LogP contribution in [-0.4, -0.2) is 28.0 Å². The van der Waals surface area contributed by atoms with Gasteiger partial charge >= 0.3 is 12.0 Å². The molecule has 7 heteroatoms. The molecular formula is C14H19N3O4. The maximum atomic E-state index is 11.6. The highest BCUT2D eigenvalue weighted by molar-refractivity contribution is 5.94. The molecule has 3 amide bonds.